The third-order valence-electron chi connectivity index (χ3n) is 0.940. The zero-order chi connectivity index (χ0) is 9.61. The smallest absolute Gasteiger partial charge is 0.322 e. The average Bonchev–Trinajstić information content (AvgIpc) is 1.85. The van der Waals surface area contributed by atoms with Crippen molar-refractivity contribution >= 4 is 7.60 Å². The summed E-state index contributed by atoms with van der Waals surface area (Å²) in [7, 11) is -3.64. The molecule has 0 aliphatic rings. The molecule has 0 aliphatic heterocycles. The van der Waals surface area contributed by atoms with E-state index in [1.54, 1.807) is 0 Å². The third-order valence-corrected chi connectivity index (χ3v) is 0.940. The molecule has 0 atom stereocenters. The van der Waals surface area contributed by atoms with E-state index in [2.05, 4.69) is 19.1 Å². The summed E-state index contributed by atoms with van der Waals surface area (Å²) in [6, 6.07) is 10.3. The lowest BCUT2D eigenvalue weighted by atomic mass is 10.2. The van der Waals surface area contributed by atoms with Gasteiger partial charge in [0.25, 0.3) is 0 Å². The van der Waals surface area contributed by atoms with Gasteiger partial charge >= 0.3 is 7.60 Å². The van der Waals surface area contributed by atoms with Crippen molar-refractivity contribution in [2.24, 2.45) is 0 Å². The second kappa shape index (κ2) is 5.09. The molecule has 1 aromatic rings. The van der Waals surface area contributed by atoms with Gasteiger partial charge in [-0.15, -0.1) is 0 Å². The van der Waals surface area contributed by atoms with E-state index in [4.69, 9.17) is 9.79 Å². The summed E-state index contributed by atoms with van der Waals surface area (Å²) < 4.78 is 9.33. The Kier molecular flexibility index (Phi) is 4.83. The molecular formula is C8H13O3P. The average molecular weight is 188 g/mol. The molecule has 1 rings (SSSR count). The van der Waals surface area contributed by atoms with Crippen LogP contribution in [0.2, 0.25) is 0 Å². The van der Waals surface area contributed by atoms with Crippen LogP contribution in [0.25, 0.3) is 0 Å². The molecule has 0 fully saturated rings. The van der Waals surface area contributed by atoms with Crippen LogP contribution in [0, 0.1) is 6.92 Å². The Morgan fingerprint density at radius 1 is 1.17 bits per heavy atom. The Hall–Kier alpha value is -0.630. The first-order valence-corrected chi connectivity index (χ1v) is 5.50. The summed E-state index contributed by atoms with van der Waals surface area (Å²) in [5, 5.41) is 0. The molecule has 0 aromatic heterocycles. The highest BCUT2D eigenvalue weighted by molar-refractivity contribution is 7.50. The normalized spacial score (nSPS) is 10.0. The minimum Gasteiger partial charge on any atom is -0.325 e. The molecule has 0 amide bonds. The van der Waals surface area contributed by atoms with E-state index in [0.717, 1.165) is 6.66 Å². The molecule has 12 heavy (non-hydrogen) atoms. The van der Waals surface area contributed by atoms with Crippen LogP contribution < -0.4 is 0 Å². The Bertz CT molecular complexity index is 244. The van der Waals surface area contributed by atoms with Gasteiger partial charge in [-0.2, -0.15) is 0 Å². The second-order valence-electron chi connectivity index (χ2n) is 2.49. The lowest BCUT2D eigenvalue weighted by Crippen LogP contribution is -1.64. The van der Waals surface area contributed by atoms with Crippen LogP contribution in [0.15, 0.2) is 30.3 Å². The van der Waals surface area contributed by atoms with Gasteiger partial charge in [-0.3, -0.25) is 4.57 Å². The van der Waals surface area contributed by atoms with Gasteiger partial charge < -0.3 is 9.79 Å². The quantitative estimate of drug-likeness (QED) is 0.610. The van der Waals surface area contributed by atoms with Gasteiger partial charge in [0.05, 0.1) is 0 Å². The summed E-state index contributed by atoms with van der Waals surface area (Å²) in [5.41, 5.74) is 1.32. The van der Waals surface area contributed by atoms with E-state index in [1.807, 2.05) is 18.2 Å². The van der Waals surface area contributed by atoms with Gasteiger partial charge in [0.15, 0.2) is 0 Å². The Morgan fingerprint density at radius 2 is 1.50 bits per heavy atom. The maximum absolute atomic E-state index is 9.33. The maximum Gasteiger partial charge on any atom is 0.322 e. The predicted molar refractivity (Wildman–Crippen MR) is 49.1 cm³/mol. The lowest BCUT2D eigenvalue weighted by molar-refractivity contribution is 0.381. The minimum atomic E-state index is -3.64. The highest BCUT2D eigenvalue weighted by atomic mass is 31.2. The summed E-state index contributed by atoms with van der Waals surface area (Å²) in [4.78, 5) is 15.3. The van der Waals surface area contributed by atoms with Crippen LogP contribution in [0.4, 0.5) is 0 Å². The number of rotatable bonds is 0. The van der Waals surface area contributed by atoms with Gasteiger partial charge in [-0.25, -0.2) is 0 Å². The maximum atomic E-state index is 9.33. The Labute approximate surface area is 72.2 Å². The largest absolute Gasteiger partial charge is 0.325 e. The zero-order valence-electron chi connectivity index (χ0n) is 7.14. The van der Waals surface area contributed by atoms with E-state index in [9.17, 15) is 4.57 Å². The number of aryl methyl sites for hydroxylation is 1. The molecule has 0 aliphatic carbocycles. The number of benzene rings is 1. The molecule has 0 radical (unpaired) electrons. The van der Waals surface area contributed by atoms with Crippen molar-refractivity contribution in [3.8, 4) is 0 Å². The SMILES string of the molecule is CP(=O)(O)O.Cc1ccccc1. The Morgan fingerprint density at radius 3 is 1.67 bits per heavy atom. The summed E-state index contributed by atoms with van der Waals surface area (Å²) in [6.45, 7) is 2.94. The predicted octanol–water partition coefficient (Wildman–Crippen LogP) is 1.79. The Balaban J connectivity index is 0.000000217. The van der Waals surface area contributed by atoms with Crippen molar-refractivity contribution in [1.29, 1.82) is 0 Å². The van der Waals surface area contributed by atoms with Crippen LogP contribution in [0.5, 0.6) is 0 Å². The monoisotopic (exact) mass is 188 g/mol. The van der Waals surface area contributed by atoms with Crippen molar-refractivity contribution in [2.45, 2.75) is 6.92 Å². The molecule has 0 spiro atoms. The standard InChI is InChI=1S/C7H8.CH5O3P/c1-7-5-3-2-4-6-7;1-5(2,3)4/h2-6H,1H3;1H3,(H2,2,3,4). The highest BCUT2D eigenvalue weighted by Crippen LogP contribution is 2.26. The van der Waals surface area contributed by atoms with Crippen LogP contribution in [0.1, 0.15) is 5.56 Å². The molecule has 0 bridgehead atoms. The van der Waals surface area contributed by atoms with Crippen LogP contribution in [-0.2, 0) is 4.57 Å². The molecule has 3 nitrogen and oxygen atoms in total. The van der Waals surface area contributed by atoms with Gasteiger partial charge in [0.2, 0.25) is 0 Å². The van der Waals surface area contributed by atoms with Crippen molar-refractivity contribution in [1.82, 2.24) is 0 Å². The third kappa shape index (κ3) is 12.1. The van der Waals surface area contributed by atoms with Crippen molar-refractivity contribution in [2.75, 3.05) is 6.66 Å². The summed E-state index contributed by atoms with van der Waals surface area (Å²) >= 11 is 0. The first kappa shape index (κ1) is 11.4. The molecule has 2 N–H and O–H groups in total. The molecule has 4 heteroatoms. The molecule has 68 valence electrons. The minimum absolute atomic E-state index is 0.854. The molecule has 1 aromatic carbocycles. The van der Waals surface area contributed by atoms with E-state index in [1.165, 1.54) is 5.56 Å². The van der Waals surface area contributed by atoms with Gasteiger partial charge in [-0.05, 0) is 6.92 Å². The second-order valence-corrected chi connectivity index (χ2v) is 4.16. The summed E-state index contributed by atoms with van der Waals surface area (Å²) in [5.74, 6) is 0. The highest BCUT2D eigenvalue weighted by Gasteiger charge is 1.95. The van der Waals surface area contributed by atoms with E-state index >= 15 is 0 Å². The van der Waals surface area contributed by atoms with E-state index < -0.39 is 7.60 Å². The topological polar surface area (TPSA) is 57.5 Å². The van der Waals surface area contributed by atoms with E-state index in [-0.39, 0.29) is 0 Å². The first-order chi connectivity index (χ1) is 5.39. The van der Waals surface area contributed by atoms with Crippen LogP contribution >= 0.6 is 7.60 Å². The lowest BCUT2D eigenvalue weighted by Gasteiger charge is -1.84. The molecular weight excluding hydrogens is 175 g/mol. The van der Waals surface area contributed by atoms with Gasteiger partial charge in [0, 0.05) is 6.66 Å². The number of hydrogen-bond acceptors (Lipinski definition) is 1. The van der Waals surface area contributed by atoms with Gasteiger partial charge in [-0.1, -0.05) is 35.9 Å². The fourth-order valence-electron chi connectivity index (χ4n) is 0.534. The molecule has 0 unspecified atom stereocenters. The van der Waals surface area contributed by atoms with Crippen molar-refractivity contribution in [3.63, 3.8) is 0 Å². The fourth-order valence-corrected chi connectivity index (χ4v) is 0.534. The molecule has 0 heterocycles. The van der Waals surface area contributed by atoms with Crippen molar-refractivity contribution in [3.05, 3.63) is 35.9 Å². The fraction of sp³-hybridized carbons (Fsp3) is 0.250. The van der Waals surface area contributed by atoms with Crippen LogP contribution in [-0.4, -0.2) is 16.5 Å². The van der Waals surface area contributed by atoms with E-state index in [0.29, 0.717) is 0 Å². The van der Waals surface area contributed by atoms with Gasteiger partial charge in [0.1, 0.15) is 0 Å². The zero-order valence-corrected chi connectivity index (χ0v) is 8.03. The van der Waals surface area contributed by atoms with Crippen LogP contribution in [0.3, 0.4) is 0 Å². The summed E-state index contributed by atoms with van der Waals surface area (Å²) in [6.07, 6.45) is 0. The molecule has 0 saturated carbocycles. The number of hydrogen-bond donors (Lipinski definition) is 2. The van der Waals surface area contributed by atoms with Crippen molar-refractivity contribution < 1.29 is 14.4 Å². The molecule has 0 saturated heterocycles. The first-order valence-electron chi connectivity index (χ1n) is 3.44.